The minimum absolute atomic E-state index is 0.207. The van der Waals surface area contributed by atoms with Crippen molar-refractivity contribution in [2.24, 2.45) is 46.3 Å². The lowest BCUT2D eigenvalue weighted by molar-refractivity contribution is -0.126. The highest BCUT2D eigenvalue weighted by atomic mass is 16.1. The second-order valence-electron chi connectivity index (χ2n) is 11.0. The van der Waals surface area contributed by atoms with Crippen LogP contribution in [0, 0.1) is 46.3 Å². The summed E-state index contributed by atoms with van der Waals surface area (Å²) in [5.41, 5.74) is 2.02. The summed E-state index contributed by atoms with van der Waals surface area (Å²) in [5.74, 6) is 5.10. The summed E-state index contributed by atoms with van der Waals surface area (Å²) in [6.45, 7) is 12.4. The highest BCUT2D eigenvalue weighted by Gasteiger charge is 2.60. The van der Waals surface area contributed by atoms with Crippen molar-refractivity contribution in [1.82, 2.24) is 5.32 Å². The van der Waals surface area contributed by atoms with E-state index in [0.29, 0.717) is 17.8 Å². The molecule has 0 aromatic rings. The van der Waals surface area contributed by atoms with E-state index in [1.165, 1.54) is 50.6 Å². The van der Waals surface area contributed by atoms with Gasteiger partial charge in [-0.3, -0.25) is 4.79 Å². The SMILES string of the molecule is CCCCC(C)C1CCC2C3C(CC[C@]12C)[C@@]1(C)CCC(=O)NC1=C[C@@H]3C. The number of amides is 1. The van der Waals surface area contributed by atoms with Crippen LogP contribution in [0.5, 0.6) is 0 Å². The first-order chi connectivity index (χ1) is 12.8. The van der Waals surface area contributed by atoms with E-state index in [2.05, 4.69) is 46.0 Å². The summed E-state index contributed by atoms with van der Waals surface area (Å²) < 4.78 is 0. The van der Waals surface area contributed by atoms with Gasteiger partial charge in [0.1, 0.15) is 0 Å². The van der Waals surface area contributed by atoms with E-state index in [-0.39, 0.29) is 11.3 Å². The Balaban J connectivity index is 1.62. The fourth-order valence-electron chi connectivity index (χ4n) is 8.23. The molecule has 1 saturated heterocycles. The van der Waals surface area contributed by atoms with Crippen molar-refractivity contribution in [3.63, 3.8) is 0 Å². The van der Waals surface area contributed by atoms with Crippen LogP contribution < -0.4 is 5.32 Å². The normalized spacial score (nSPS) is 47.4. The van der Waals surface area contributed by atoms with Gasteiger partial charge in [0.25, 0.3) is 0 Å². The Morgan fingerprint density at radius 1 is 1.19 bits per heavy atom. The highest BCUT2D eigenvalue weighted by molar-refractivity contribution is 5.79. The molecule has 0 radical (unpaired) electrons. The topological polar surface area (TPSA) is 29.1 Å². The Hall–Kier alpha value is -0.790. The van der Waals surface area contributed by atoms with Crippen LogP contribution in [-0.2, 0) is 4.79 Å². The van der Waals surface area contributed by atoms with Gasteiger partial charge < -0.3 is 5.32 Å². The van der Waals surface area contributed by atoms with E-state index < -0.39 is 0 Å². The number of nitrogens with one attached hydrogen (secondary N) is 1. The molecule has 4 rings (SSSR count). The van der Waals surface area contributed by atoms with Crippen LogP contribution in [0.2, 0.25) is 0 Å². The predicted molar refractivity (Wildman–Crippen MR) is 112 cm³/mol. The number of hydrogen-bond donors (Lipinski definition) is 1. The average molecular weight is 372 g/mol. The van der Waals surface area contributed by atoms with Gasteiger partial charge in [-0.1, -0.05) is 60.0 Å². The van der Waals surface area contributed by atoms with Gasteiger partial charge >= 0.3 is 0 Å². The van der Waals surface area contributed by atoms with Crippen LogP contribution in [0.3, 0.4) is 0 Å². The first-order valence-corrected chi connectivity index (χ1v) is 11.8. The molecule has 8 atom stereocenters. The summed E-state index contributed by atoms with van der Waals surface area (Å²) in [7, 11) is 0. The van der Waals surface area contributed by atoms with Crippen LogP contribution >= 0.6 is 0 Å². The molecule has 1 heterocycles. The molecule has 4 aliphatic rings. The fourth-order valence-corrected chi connectivity index (χ4v) is 8.23. The number of carbonyl (C=O) groups is 1. The maximum atomic E-state index is 12.0. The molecule has 3 fully saturated rings. The monoisotopic (exact) mass is 371 g/mol. The van der Waals surface area contributed by atoms with Crippen LogP contribution in [0.4, 0.5) is 0 Å². The van der Waals surface area contributed by atoms with Gasteiger partial charge in [0, 0.05) is 17.5 Å². The van der Waals surface area contributed by atoms with Crippen molar-refractivity contribution in [1.29, 1.82) is 0 Å². The summed E-state index contributed by atoms with van der Waals surface area (Å²) in [6.07, 6.45) is 14.0. The molecule has 5 unspecified atom stereocenters. The summed E-state index contributed by atoms with van der Waals surface area (Å²) >= 11 is 0. The van der Waals surface area contributed by atoms with Crippen LogP contribution in [0.15, 0.2) is 11.8 Å². The number of fused-ring (bicyclic) bond motifs is 5. The van der Waals surface area contributed by atoms with Gasteiger partial charge in [0.05, 0.1) is 0 Å². The van der Waals surface area contributed by atoms with E-state index in [1.807, 2.05) is 0 Å². The predicted octanol–water partition coefficient (Wildman–Crippen LogP) is 6.32. The van der Waals surface area contributed by atoms with Crippen molar-refractivity contribution in [2.75, 3.05) is 0 Å². The quantitative estimate of drug-likeness (QED) is 0.615. The molecule has 0 aromatic heterocycles. The van der Waals surface area contributed by atoms with Crippen LogP contribution in [0.1, 0.15) is 92.4 Å². The van der Waals surface area contributed by atoms with Crippen LogP contribution in [0.25, 0.3) is 0 Å². The zero-order chi connectivity index (χ0) is 19.4. The van der Waals surface area contributed by atoms with Crippen molar-refractivity contribution < 1.29 is 4.79 Å². The average Bonchev–Trinajstić information content (AvgIpc) is 2.98. The van der Waals surface area contributed by atoms with Crippen molar-refractivity contribution in [3.05, 3.63) is 11.8 Å². The standard InChI is InChI=1S/C25H41NO/c1-6-7-8-16(2)18-9-10-19-23-17(3)15-21-25(5,14-12-22(27)26-21)20(23)11-13-24(18,19)4/h15-20,23H,6-14H2,1-5H3,(H,26,27)/t16?,17-,18?,19?,20?,23?,24+,25+/m0/s1. The molecule has 27 heavy (non-hydrogen) atoms. The third-order valence-corrected chi connectivity index (χ3v) is 9.72. The molecule has 1 amide bonds. The summed E-state index contributed by atoms with van der Waals surface area (Å²) in [6, 6.07) is 0. The third-order valence-electron chi connectivity index (χ3n) is 9.72. The molecule has 3 aliphatic carbocycles. The van der Waals surface area contributed by atoms with Crippen LogP contribution in [-0.4, -0.2) is 5.91 Å². The summed E-state index contributed by atoms with van der Waals surface area (Å²) in [5, 5.41) is 3.26. The number of hydrogen-bond acceptors (Lipinski definition) is 1. The first kappa shape index (κ1) is 19.5. The summed E-state index contributed by atoms with van der Waals surface area (Å²) in [4.78, 5) is 12.0. The van der Waals surface area contributed by atoms with E-state index in [4.69, 9.17) is 0 Å². The van der Waals surface area contributed by atoms with Gasteiger partial charge in [0.2, 0.25) is 5.91 Å². The lowest BCUT2D eigenvalue weighted by Gasteiger charge is -2.59. The fraction of sp³-hybridized carbons (Fsp3) is 0.880. The molecule has 1 N–H and O–H groups in total. The van der Waals surface area contributed by atoms with Crippen molar-refractivity contribution in [3.8, 4) is 0 Å². The molecule has 1 aliphatic heterocycles. The zero-order valence-electron chi connectivity index (χ0n) is 18.3. The number of unbranched alkanes of at least 4 members (excludes halogenated alkanes) is 1. The van der Waals surface area contributed by atoms with Gasteiger partial charge in [-0.25, -0.2) is 0 Å². The molecule has 0 aromatic carbocycles. The Labute approximate surface area is 166 Å². The molecule has 2 nitrogen and oxygen atoms in total. The minimum Gasteiger partial charge on any atom is -0.330 e. The van der Waals surface area contributed by atoms with E-state index in [0.717, 1.165) is 36.0 Å². The maximum absolute atomic E-state index is 12.0. The van der Waals surface area contributed by atoms with E-state index >= 15 is 0 Å². The van der Waals surface area contributed by atoms with Crippen molar-refractivity contribution >= 4 is 5.91 Å². The number of allylic oxidation sites excluding steroid dienone is 2. The lowest BCUT2D eigenvalue weighted by atomic mass is 9.46. The van der Waals surface area contributed by atoms with Gasteiger partial charge in [0.15, 0.2) is 0 Å². The smallest absolute Gasteiger partial charge is 0.224 e. The largest absolute Gasteiger partial charge is 0.330 e. The maximum Gasteiger partial charge on any atom is 0.224 e. The first-order valence-electron chi connectivity index (χ1n) is 11.8. The Bertz CT molecular complexity index is 624. The van der Waals surface area contributed by atoms with Gasteiger partial charge in [-0.2, -0.15) is 0 Å². The lowest BCUT2D eigenvalue weighted by Crippen LogP contribution is -2.55. The Kier molecular flexibility index (Phi) is 5.00. The minimum atomic E-state index is 0.207. The second kappa shape index (κ2) is 6.92. The van der Waals surface area contributed by atoms with Gasteiger partial charge in [-0.05, 0) is 73.0 Å². The van der Waals surface area contributed by atoms with Crippen molar-refractivity contribution in [2.45, 2.75) is 92.4 Å². The highest BCUT2D eigenvalue weighted by Crippen LogP contribution is 2.67. The number of carbonyl (C=O) groups excluding carboxylic acids is 1. The Morgan fingerprint density at radius 2 is 1.96 bits per heavy atom. The number of piperidine rings is 1. The molecule has 0 spiro atoms. The Morgan fingerprint density at radius 3 is 2.70 bits per heavy atom. The van der Waals surface area contributed by atoms with Gasteiger partial charge in [-0.15, -0.1) is 0 Å². The molecule has 2 heteroatoms. The molecular weight excluding hydrogens is 330 g/mol. The molecule has 2 saturated carbocycles. The second-order valence-corrected chi connectivity index (χ2v) is 11.0. The zero-order valence-corrected chi connectivity index (χ0v) is 18.3. The molecule has 0 bridgehead atoms. The third kappa shape index (κ3) is 2.92. The number of rotatable bonds is 4. The van der Waals surface area contributed by atoms with E-state index in [1.54, 1.807) is 0 Å². The molecule has 152 valence electrons. The van der Waals surface area contributed by atoms with E-state index in [9.17, 15) is 4.79 Å². The molecular formula is C25H41NO.